The van der Waals surface area contributed by atoms with Crippen molar-refractivity contribution in [3.63, 3.8) is 0 Å². The van der Waals surface area contributed by atoms with Gasteiger partial charge in [0.25, 0.3) is 0 Å². The standard InChI is InChI=1S/C10H13N3/c1-13(2)7-9-6-8-4-3-5-11-10(8)12-9/h3-6H,7H2,1-2H3,(H,11,12). The molecule has 0 aliphatic heterocycles. The van der Waals surface area contributed by atoms with Crippen molar-refractivity contribution in [3.05, 3.63) is 30.1 Å². The predicted octanol–water partition coefficient (Wildman–Crippen LogP) is 1.62. The van der Waals surface area contributed by atoms with Gasteiger partial charge in [-0.3, -0.25) is 0 Å². The van der Waals surface area contributed by atoms with Crippen molar-refractivity contribution in [3.8, 4) is 0 Å². The van der Waals surface area contributed by atoms with Crippen LogP contribution in [0, 0.1) is 0 Å². The summed E-state index contributed by atoms with van der Waals surface area (Å²) in [6.07, 6.45) is 1.80. The smallest absolute Gasteiger partial charge is 0.137 e. The van der Waals surface area contributed by atoms with Crippen LogP contribution in [0.25, 0.3) is 11.0 Å². The summed E-state index contributed by atoms with van der Waals surface area (Å²) in [6.45, 7) is 0.927. The van der Waals surface area contributed by atoms with Crippen LogP contribution >= 0.6 is 0 Å². The third-order valence-electron chi connectivity index (χ3n) is 1.93. The molecule has 2 aromatic heterocycles. The van der Waals surface area contributed by atoms with E-state index in [4.69, 9.17) is 0 Å². The van der Waals surface area contributed by atoms with Crippen LogP contribution in [0.1, 0.15) is 5.69 Å². The van der Waals surface area contributed by atoms with E-state index in [2.05, 4.69) is 41.1 Å². The number of aromatic amines is 1. The van der Waals surface area contributed by atoms with Gasteiger partial charge in [-0.25, -0.2) is 4.98 Å². The van der Waals surface area contributed by atoms with Gasteiger partial charge in [-0.05, 0) is 32.3 Å². The Hall–Kier alpha value is -1.35. The molecule has 68 valence electrons. The lowest BCUT2D eigenvalue weighted by molar-refractivity contribution is 0.398. The van der Waals surface area contributed by atoms with Gasteiger partial charge in [-0.2, -0.15) is 0 Å². The van der Waals surface area contributed by atoms with Crippen molar-refractivity contribution in [2.24, 2.45) is 0 Å². The van der Waals surface area contributed by atoms with Crippen LogP contribution in [-0.4, -0.2) is 29.0 Å². The molecule has 0 aliphatic rings. The maximum atomic E-state index is 4.24. The van der Waals surface area contributed by atoms with Gasteiger partial charge in [-0.1, -0.05) is 0 Å². The van der Waals surface area contributed by atoms with Gasteiger partial charge in [0.1, 0.15) is 5.65 Å². The molecule has 3 heteroatoms. The molecule has 0 bridgehead atoms. The fraction of sp³-hybridized carbons (Fsp3) is 0.300. The Bertz CT molecular complexity index is 370. The fourth-order valence-electron chi connectivity index (χ4n) is 1.44. The molecule has 13 heavy (non-hydrogen) atoms. The molecule has 0 atom stereocenters. The van der Waals surface area contributed by atoms with Crippen LogP contribution in [0.3, 0.4) is 0 Å². The lowest BCUT2D eigenvalue weighted by Crippen LogP contribution is -2.10. The molecule has 0 fully saturated rings. The van der Waals surface area contributed by atoms with E-state index in [-0.39, 0.29) is 0 Å². The summed E-state index contributed by atoms with van der Waals surface area (Å²) in [7, 11) is 4.11. The van der Waals surface area contributed by atoms with E-state index in [1.165, 1.54) is 11.1 Å². The number of rotatable bonds is 2. The quantitative estimate of drug-likeness (QED) is 0.752. The molecule has 1 N–H and O–H groups in total. The predicted molar refractivity (Wildman–Crippen MR) is 53.5 cm³/mol. The lowest BCUT2D eigenvalue weighted by atomic mass is 10.3. The molecule has 0 saturated heterocycles. The Labute approximate surface area is 77.4 Å². The number of nitrogens with zero attached hydrogens (tertiary/aromatic N) is 2. The summed E-state index contributed by atoms with van der Waals surface area (Å²) in [5.41, 5.74) is 2.18. The van der Waals surface area contributed by atoms with Crippen molar-refractivity contribution in [1.29, 1.82) is 0 Å². The highest BCUT2D eigenvalue weighted by atomic mass is 15.1. The van der Waals surface area contributed by atoms with Crippen molar-refractivity contribution in [2.45, 2.75) is 6.54 Å². The van der Waals surface area contributed by atoms with Crippen LogP contribution in [0.4, 0.5) is 0 Å². The van der Waals surface area contributed by atoms with Crippen LogP contribution in [0.15, 0.2) is 24.4 Å². The first-order valence-electron chi connectivity index (χ1n) is 4.33. The minimum atomic E-state index is 0.927. The molecule has 0 unspecified atom stereocenters. The van der Waals surface area contributed by atoms with Crippen molar-refractivity contribution in [1.82, 2.24) is 14.9 Å². The molecule has 3 nitrogen and oxygen atoms in total. The summed E-state index contributed by atoms with van der Waals surface area (Å²) in [5, 5.41) is 1.18. The second-order valence-electron chi connectivity index (χ2n) is 3.47. The zero-order chi connectivity index (χ0) is 9.26. The van der Waals surface area contributed by atoms with Gasteiger partial charge in [0.15, 0.2) is 0 Å². The third-order valence-corrected chi connectivity index (χ3v) is 1.93. The summed E-state index contributed by atoms with van der Waals surface area (Å²) in [5.74, 6) is 0. The number of H-pyrrole nitrogens is 1. The highest BCUT2D eigenvalue weighted by Crippen LogP contribution is 2.12. The molecule has 0 spiro atoms. The Kier molecular flexibility index (Phi) is 2.02. The first kappa shape index (κ1) is 8.26. The number of hydrogen-bond acceptors (Lipinski definition) is 2. The minimum Gasteiger partial charge on any atom is -0.342 e. The Balaban J connectivity index is 2.38. The monoisotopic (exact) mass is 175 g/mol. The number of nitrogens with one attached hydrogen (secondary N) is 1. The second-order valence-corrected chi connectivity index (χ2v) is 3.47. The maximum absolute atomic E-state index is 4.24. The zero-order valence-electron chi connectivity index (χ0n) is 7.91. The zero-order valence-corrected chi connectivity index (χ0v) is 7.91. The molecule has 0 radical (unpaired) electrons. The number of fused-ring (bicyclic) bond motifs is 1. The second kappa shape index (κ2) is 3.18. The molecule has 0 aromatic carbocycles. The van der Waals surface area contributed by atoms with Crippen LogP contribution < -0.4 is 0 Å². The normalized spacial score (nSPS) is 11.3. The van der Waals surface area contributed by atoms with Gasteiger partial charge >= 0.3 is 0 Å². The highest BCUT2D eigenvalue weighted by molar-refractivity contribution is 5.76. The molecule has 0 saturated carbocycles. The van der Waals surface area contributed by atoms with Gasteiger partial charge in [0, 0.05) is 23.8 Å². The Morgan fingerprint density at radius 2 is 2.31 bits per heavy atom. The molecule has 2 aromatic rings. The summed E-state index contributed by atoms with van der Waals surface area (Å²) in [6, 6.07) is 6.16. The van der Waals surface area contributed by atoms with E-state index in [1.54, 1.807) is 6.20 Å². The minimum absolute atomic E-state index is 0.927. The Morgan fingerprint density at radius 1 is 1.46 bits per heavy atom. The molecule has 0 aliphatic carbocycles. The number of hydrogen-bond donors (Lipinski definition) is 1. The maximum Gasteiger partial charge on any atom is 0.137 e. The summed E-state index contributed by atoms with van der Waals surface area (Å²) in [4.78, 5) is 9.64. The SMILES string of the molecule is CN(C)Cc1cc2cccnc2[nH]1. The average Bonchev–Trinajstić information content (AvgIpc) is 2.44. The van der Waals surface area contributed by atoms with Crippen LogP contribution in [-0.2, 0) is 6.54 Å². The van der Waals surface area contributed by atoms with E-state index >= 15 is 0 Å². The van der Waals surface area contributed by atoms with Gasteiger partial charge in [0.2, 0.25) is 0 Å². The molecule has 0 amide bonds. The van der Waals surface area contributed by atoms with Gasteiger partial charge < -0.3 is 9.88 Å². The number of pyridine rings is 1. The largest absolute Gasteiger partial charge is 0.342 e. The molecular formula is C10H13N3. The molecular weight excluding hydrogens is 162 g/mol. The fourth-order valence-corrected chi connectivity index (χ4v) is 1.44. The van der Waals surface area contributed by atoms with Gasteiger partial charge in [0.05, 0.1) is 0 Å². The Morgan fingerprint density at radius 3 is 3.00 bits per heavy atom. The molecule has 2 heterocycles. The van der Waals surface area contributed by atoms with Gasteiger partial charge in [-0.15, -0.1) is 0 Å². The van der Waals surface area contributed by atoms with Crippen molar-refractivity contribution in [2.75, 3.05) is 14.1 Å². The first-order chi connectivity index (χ1) is 6.25. The first-order valence-corrected chi connectivity index (χ1v) is 4.33. The van der Waals surface area contributed by atoms with Crippen molar-refractivity contribution >= 4 is 11.0 Å². The summed E-state index contributed by atoms with van der Waals surface area (Å²) >= 11 is 0. The topological polar surface area (TPSA) is 31.9 Å². The highest BCUT2D eigenvalue weighted by Gasteiger charge is 2.00. The van der Waals surface area contributed by atoms with Crippen molar-refractivity contribution < 1.29 is 0 Å². The van der Waals surface area contributed by atoms with E-state index in [0.29, 0.717) is 0 Å². The lowest BCUT2D eigenvalue weighted by Gasteiger charge is -2.05. The van der Waals surface area contributed by atoms with E-state index < -0.39 is 0 Å². The van der Waals surface area contributed by atoms with E-state index in [9.17, 15) is 0 Å². The average molecular weight is 175 g/mol. The number of aromatic nitrogens is 2. The van der Waals surface area contributed by atoms with E-state index in [1.807, 2.05) is 6.07 Å². The van der Waals surface area contributed by atoms with E-state index in [0.717, 1.165) is 12.2 Å². The summed E-state index contributed by atoms with van der Waals surface area (Å²) < 4.78 is 0. The van der Waals surface area contributed by atoms with Crippen LogP contribution in [0.5, 0.6) is 0 Å². The van der Waals surface area contributed by atoms with Crippen LogP contribution in [0.2, 0.25) is 0 Å². The molecule has 2 rings (SSSR count). The third kappa shape index (κ3) is 1.70.